The number of anilines is 2. The predicted molar refractivity (Wildman–Crippen MR) is 117 cm³/mol. The first kappa shape index (κ1) is 18.8. The van der Waals surface area contributed by atoms with Crippen molar-refractivity contribution in [1.82, 2.24) is 4.98 Å². The van der Waals surface area contributed by atoms with Crippen LogP contribution in [0.2, 0.25) is 0 Å². The summed E-state index contributed by atoms with van der Waals surface area (Å²) >= 11 is 1.27. The van der Waals surface area contributed by atoms with E-state index in [1.807, 2.05) is 36.4 Å². The molecular weight excluding hydrogens is 386 g/mol. The van der Waals surface area contributed by atoms with Gasteiger partial charge in [-0.3, -0.25) is 4.79 Å². The maximum Gasteiger partial charge on any atom is 0.267 e. The Hall–Kier alpha value is -3.58. The lowest BCUT2D eigenvalue weighted by atomic mass is 10.1. The Morgan fingerprint density at radius 2 is 1.76 bits per heavy atom. The quantitative estimate of drug-likeness (QED) is 0.497. The molecule has 0 saturated carbocycles. The number of fused-ring (bicyclic) bond motifs is 1. The number of nitrogens with zero attached hydrogens (tertiary/aromatic N) is 1. The highest BCUT2D eigenvalue weighted by atomic mass is 32.1. The molecule has 1 amide bonds. The summed E-state index contributed by atoms with van der Waals surface area (Å²) in [7, 11) is 3.22. The number of carbonyl (C=O) groups excluding carboxylic acids is 1. The molecule has 2 aromatic heterocycles. The normalized spacial score (nSPS) is 10.7. The van der Waals surface area contributed by atoms with Crippen LogP contribution in [0.1, 0.15) is 9.67 Å². The number of hydrogen-bond donors (Lipinski definition) is 2. The third kappa shape index (κ3) is 3.72. The lowest BCUT2D eigenvalue weighted by Crippen LogP contribution is -2.11. The fourth-order valence-corrected chi connectivity index (χ4v) is 3.96. The van der Waals surface area contributed by atoms with Crippen molar-refractivity contribution < 1.29 is 14.3 Å². The summed E-state index contributed by atoms with van der Waals surface area (Å²) in [5, 5.41) is 3.63. The Bertz CT molecular complexity index is 1190. The summed E-state index contributed by atoms with van der Waals surface area (Å²) in [6.07, 6.45) is 0. The van der Waals surface area contributed by atoms with Crippen molar-refractivity contribution in [3.05, 3.63) is 65.5 Å². The zero-order valence-corrected chi connectivity index (χ0v) is 16.7. The highest BCUT2D eigenvalue weighted by Gasteiger charge is 2.18. The van der Waals surface area contributed by atoms with Crippen LogP contribution in [-0.2, 0) is 0 Å². The van der Waals surface area contributed by atoms with Crippen molar-refractivity contribution in [2.45, 2.75) is 0 Å². The van der Waals surface area contributed by atoms with E-state index >= 15 is 0 Å². The van der Waals surface area contributed by atoms with E-state index in [1.165, 1.54) is 11.3 Å². The number of methoxy groups -OCH3 is 2. The second-order valence-corrected chi connectivity index (χ2v) is 7.31. The van der Waals surface area contributed by atoms with Gasteiger partial charge in [-0.2, -0.15) is 0 Å². The van der Waals surface area contributed by atoms with E-state index in [1.54, 1.807) is 38.5 Å². The van der Waals surface area contributed by atoms with Crippen molar-refractivity contribution >= 4 is 38.8 Å². The maximum atomic E-state index is 12.7. The second-order valence-electron chi connectivity index (χ2n) is 6.31. The first-order valence-electron chi connectivity index (χ1n) is 8.88. The largest absolute Gasteiger partial charge is 0.497 e. The van der Waals surface area contributed by atoms with Gasteiger partial charge in [0.25, 0.3) is 5.91 Å². The van der Waals surface area contributed by atoms with E-state index < -0.39 is 0 Å². The van der Waals surface area contributed by atoms with E-state index in [0.29, 0.717) is 21.1 Å². The predicted octanol–water partition coefficient (Wildman–Crippen LogP) is 4.82. The van der Waals surface area contributed by atoms with Crippen LogP contribution in [0.5, 0.6) is 11.5 Å². The van der Waals surface area contributed by atoms with Gasteiger partial charge in [-0.1, -0.05) is 12.1 Å². The number of benzene rings is 2. The Balaban J connectivity index is 1.64. The van der Waals surface area contributed by atoms with Crippen LogP contribution < -0.4 is 20.5 Å². The zero-order valence-electron chi connectivity index (χ0n) is 15.9. The molecule has 0 atom stereocenters. The molecule has 0 aliphatic carbocycles. The number of nitrogen functional groups attached to an aromatic ring is 1. The van der Waals surface area contributed by atoms with Crippen LogP contribution in [0.4, 0.5) is 11.4 Å². The molecule has 146 valence electrons. The van der Waals surface area contributed by atoms with Gasteiger partial charge in [0.15, 0.2) is 0 Å². The summed E-state index contributed by atoms with van der Waals surface area (Å²) in [5.41, 5.74) is 9.06. The molecule has 0 unspecified atom stereocenters. The highest BCUT2D eigenvalue weighted by Crippen LogP contribution is 2.35. The van der Waals surface area contributed by atoms with Crippen LogP contribution in [0, 0.1) is 0 Å². The van der Waals surface area contributed by atoms with Crippen molar-refractivity contribution in [2.24, 2.45) is 0 Å². The molecule has 2 heterocycles. The van der Waals surface area contributed by atoms with Crippen LogP contribution in [0.3, 0.4) is 0 Å². The fourth-order valence-electron chi connectivity index (χ4n) is 2.97. The van der Waals surface area contributed by atoms with Gasteiger partial charge in [0.2, 0.25) is 0 Å². The summed E-state index contributed by atoms with van der Waals surface area (Å²) in [4.78, 5) is 18.6. The van der Waals surface area contributed by atoms with Gasteiger partial charge in [-0.05, 0) is 48.5 Å². The molecule has 2 aromatic carbocycles. The lowest BCUT2D eigenvalue weighted by molar-refractivity contribution is 0.103. The maximum absolute atomic E-state index is 12.7. The van der Waals surface area contributed by atoms with Gasteiger partial charge in [-0.15, -0.1) is 11.3 Å². The van der Waals surface area contributed by atoms with Gasteiger partial charge in [0.05, 0.1) is 25.6 Å². The minimum Gasteiger partial charge on any atom is -0.497 e. The molecule has 0 saturated heterocycles. The van der Waals surface area contributed by atoms with E-state index in [0.717, 1.165) is 28.1 Å². The average molecular weight is 405 g/mol. The molecule has 0 fully saturated rings. The van der Waals surface area contributed by atoms with E-state index in [4.69, 9.17) is 20.2 Å². The first-order valence-corrected chi connectivity index (χ1v) is 9.69. The number of nitrogens with one attached hydrogen (secondary N) is 1. The average Bonchev–Trinajstić information content (AvgIpc) is 3.10. The lowest BCUT2D eigenvalue weighted by Gasteiger charge is -2.05. The molecule has 7 heteroatoms. The topological polar surface area (TPSA) is 86.5 Å². The Labute approximate surface area is 171 Å². The van der Waals surface area contributed by atoms with Crippen LogP contribution in [-0.4, -0.2) is 25.1 Å². The van der Waals surface area contributed by atoms with Crippen molar-refractivity contribution in [2.75, 3.05) is 25.3 Å². The Kier molecular flexibility index (Phi) is 5.05. The van der Waals surface area contributed by atoms with Gasteiger partial charge in [0.1, 0.15) is 21.2 Å². The zero-order chi connectivity index (χ0) is 20.4. The van der Waals surface area contributed by atoms with Crippen LogP contribution in [0.15, 0.2) is 60.7 Å². The van der Waals surface area contributed by atoms with Crippen molar-refractivity contribution in [3.63, 3.8) is 0 Å². The molecule has 0 aliphatic rings. The van der Waals surface area contributed by atoms with Crippen molar-refractivity contribution in [1.29, 1.82) is 0 Å². The molecule has 4 rings (SSSR count). The highest BCUT2D eigenvalue weighted by molar-refractivity contribution is 7.21. The van der Waals surface area contributed by atoms with Crippen molar-refractivity contribution in [3.8, 4) is 22.8 Å². The molecule has 4 aromatic rings. The van der Waals surface area contributed by atoms with Gasteiger partial charge < -0.3 is 20.5 Å². The number of rotatable bonds is 5. The number of ether oxygens (including phenoxy) is 2. The molecule has 0 spiro atoms. The van der Waals surface area contributed by atoms with Gasteiger partial charge >= 0.3 is 0 Å². The molecule has 0 bridgehead atoms. The monoisotopic (exact) mass is 405 g/mol. The van der Waals surface area contributed by atoms with Crippen LogP contribution >= 0.6 is 11.3 Å². The fraction of sp³-hybridized carbons (Fsp3) is 0.0909. The van der Waals surface area contributed by atoms with Crippen LogP contribution in [0.25, 0.3) is 21.5 Å². The van der Waals surface area contributed by atoms with E-state index in [2.05, 4.69) is 5.32 Å². The molecule has 0 radical (unpaired) electrons. The molecule has 29 heavy (non-hydrogen) atoms. The number of pyridine rings is 1. The summed E-state index contributed by atoms with van der Waals surface area (Å²) in [5.74, 6) is 1.21. The number of thiophene rings is 1. The third-order valence-corrected chi connectivity index (χ3v) is 5.63. The first-order chi connectivity index (χ1) is 14.1. The number of amides is 1. The van der Waals surface area contributed by atoms with Gasteiger partial charge in [0, 0.05) is 16.6 Å². The van der Waals surface area contributed by atoms with E-state index in [-0.39, 0.29) is 5.91 Å². The minimum absolute atomic E-state index is 0.265. The number of carbonyl (C=O) groups is 1. The minimum atomic E-state index is -0.265. The SMILES string of the molecule is COc1ccc(NC(=O)c2sc3nc(-c4cccc(OC)c4)ccc3c2N)cc1. The van der Waals surface area contributed by atoms with Gasteiger partial charge in [-0.25, -0.2) is 4.98 Å². The molecule has 0 aliphatic heterocycles. The molecule has 3 N–H and O–H groups in total. The number of aromatic nitrogens is 1. The number of hydrogen-bond acceptors (Lipinski definition) is 6. The van der Waals surface area contributed by atoms with E-state index in [9.17, 15) is 4.79 Å². The smallest absolute Gasteiger partial charge is 0.267 e. The summed E-state index contributed by atoms with van der Waals surface area (Å²) in [6, 6.07) is 18.6. The summed E-state index contributed by atoms with van der Waals surface area (Å²) in [6.45, 7) is 0. The standard InChI is InChI=1S/C22H19N3O3S/c1-27-15-8-6-14(7-9-15)24-21(26)20-19(23)17-10-11-18(25-22(17)29-20)13-4-3-5-16(12-13)28-2/h3-12H,23H2,1-2H3,(H,24,26). The Morgan fingerprint density at radius 1 is 1.00 bits per heavy atom. The molecular formula is C22H19N3O3S. The number of nitrogens with two attached hydrogens (primary N) is 1. The summed E-state index contributed by atoms with van der Waals surface area (Å²) < 4.78 is 10.4. The molecule has 6 nitrogen and oxygen atoms in total. The Morgan fingerprint density at radius 3 is 2.48 bits per heavy atom. The third-order valence-electron chi connectivity index (χ3n) is 4.51. The second kappa shape index (κ2) is 7.81.